The number of rotatable bonds is 7. The van der Waals surface area contributed by atoms with Gasteiger partial charge in [0.15, 0.2) is 0 Å². The van der Waals surface area contributed by atoms with Crippen LogP contribution in [0.5, 0.6) is 0 Å². The minimum absolute atomic E-state index is 0.0551. The van der Waals surface area contributed by atoms with Crippen molar-refractivity contribution < 1.29 is 14.4 Å². The molecule has 5 heteroatoms. The predicted octanol–water partition coefficient (Wildman–Crippen LogP) is 2.47. The number of hydrogen-bond acceptors (Lipinski definition) is 3. The Morgan fingerprint density at radius 3 is 2.35 bits per heavy atom. The van der Waals surface area contributed by atoms with Gasteiger partial charge in [0.25, 0.3) is 0 Å². The molecule has 1 aromatic rings. The molecule has 1 aromatic carbocycles. The molecule has 2 aliphatic rings. The number of hydrogen-bond donors (Lipinski definition) is 1. The Hall–Kier alpha value is -2.43. The summed E-state index contributed by atoms with van der Waals surface area (Å²) in [6.45, 7) is 2.16. The number of carbonyl (C=O) groups excluding carboxylic acids is 3. The highest BCUT2D eigenvalue weighted by molar-refractivity contribution is 6.05. The highest BCUT2D eigenvalue weighted by Gasteiger charge is 2.46. The summed E-state index contributed by atoms with van der Waals surface area (Å²) in [4.78, 5) is 38.2. The first-order valence-corrected chi connectivity index (χ1v) is 9.39. The molecule has 26 heavy (non-hydrogen) atoms. The summed E-state index contributed by atoms with van der Waals surface area (Å²) in [6.07, 6.45) is 7.13. The van der Waals surface area contributed by atoms with Gasteiger partial charge in [-0.05, 0) is 38.2 Å². The van der Waals surface area contributed by atoms with Gasteiger partial charge in [-0.2, -0.15) is 0 Å². The van der Waals surface area contributed by atoms with Crippen LogP contribution in [0.1, 0.15) is 38.2 Å². The van der Waals surface area contributed by atoms with Crippen LogP contribution in [0.4, 0.5) is 0 Å². The minimum Gasteiger partial charge on any atom is -0.354 e. The number of imide groups is 1. The van der Waals surface area contributed by atoms with Crippen LogP contribution in [-0.4, -0.2) is 35.2 Å². The number of nitrogens with zero attached hydrogens (tertiary/aromatic N) is 1. The molecule has 138 valence electrons. The molecule has 0 radical (unpaired) electrons. The monoisotopic (exact) mass is 354 g/mol. The Morgan fingerprint density at radius 1 is 1.12 bits per heavy atom. The fourth-order valence-corrected chi connectivity index (χ4v) is 3.75. The molecular formula is C21H26N2O3. The maximum Gasteiger partial charge on any atom is 0.233 e. The summed E-state index contributed by atoms with van der Waals surface area (Å²) in [6, 6.07) is 10.2. The molecule has 5 nitrogen and oxygen atoms in total. The van der Waals surface area contributed by atoms with E-state index in [1.54, 1.807) is 0 Å². The number of fused-ring (bicyclic) bond motifs is 1. The third-order valence-corrected chi connectivity index (χ3v) is 5.28. The molecule has 0 saturated carbocycles. The van der Waals surface area contributed by atoms with Gasteiger partial charge in [0.05, 0.1) is 11.8 Å². The Labute approximate surface area is 154 Å². The average molecular weight is 354 g/mol. The third kappa shape index (κ3) is 4.21. The summed E-state index contributed by atoms with van der Waals surface area (Å²) in [7, 11) is 0. The van der Waals surface area contributed by atoms with Crippen molar-refractivity contribution in [2.75, 3.05) is 6.54 Å². The molecule has 3 atom stereocenters. The molecule has 1 N–H and O–H groups in total. The molecule has 0 unspecified atom stereocenters. The number of allylic oxidation sites excluding steroid dienone is 2. The van der Waals surface area contributed by atoms with Gasteiger partial charge in [-0.15, -0.1) is 0 Å². The zero-order chi connectivity index (χ0) is 18.5. The van der Waals surface area contributed by atoms with Crippen LogP contribution in [-0.2, 0) is 20.8 Å². The number of nitrogens with one attached hydrogen (secondary N) is 1. The molecule has 3 amide bonds. The van der Waals surface area contributed by atoms with Crippen molar-refractivity contribution in [3.63, 3.8) is 0 Å². The number of amides is 3. The van der Waals surface area contributed by atoms with E-state index in [4.69, 9.17) is 0 Å². The summed E-state index contributed by atoms with van der Waals surface area (Å²) in [5.41, 5.74) is 1.25. The molecule has 1 aliphatic carbocycles. The van der Waals surface area contributed by atoms with Gasteiger partial charge in [-0.3, -0.25) is 19.3 Å². The molecule has 1 heterocycles. The van der Waals surface area contributed by atoms with Crippen molar-refractivity contribution >= 4 is 17.7 Å². The van der Waals surface area contributed by atoms with Crippen molar-refractivity contribution in [2.24, 2.45) is 11.8 Å². The fraction of sp³-hybridized carbons (Fsp3) is 0.476. The second-order valence-corrected chi connectivity index (χ2v) is 7.23. The summed E-state index contributed by atoms with van der Waals surface area (Å²) in [5.74, 6) is -0.788. The topological polar surface area (TPSA) is 66.5 Å². The minimum atomic E-state index is -0.222. The molecule has 1 aliphatic heterocycles. The first-order valence-electron chi connectivity index (χ1n) is 9.39. The molecule has 0 spiro atoms. The van der Waals surface area contributed by atoms with Crippen molar-refractivity contribution in [2.45, 2.75) is 45.1 Å². The smallest absolute Gasteiger partial charge is 0.233 e. The standard InChI is InChI=1S/C21H26N2O3/c1-15(11-12-16-7-3-2-4-8-16)22-19(24)13-14-23-20(25)17-9-5-6-10-18(17)21(23)26/h2-8,15,17-18H,9-14H2,1H3,(H,22,24)/t15-,17-,18+/m1/s1. The van der Waals surface area contributed by atoms with E-state index in [1.807, 2.05) is 37.3 Å². The van der Waals surface area contributed by atoms with Gasteiger partial charge in [-0.25, -0.2) is 0 Å². The molecular weight excluding hydrogens is 328 g/mol. The Balaban J connectivity index is 1.42. The van der Waals surface area contributed by atoms with Gasteiger partial charge in [0.2, 0.25) is 17.7 Å². The third-order valence-electron chi connectivity index (χ3n) is 5.28. The Bertz CT molecular complexity index is 672. The lowest BCUT2D eigenvalue weighted by molar-refractivity contribution is -0.140. The second-order valence-electron chi connectivity index (χ2n) is 7.23. The second kappa shape index (κ2) is 8.30. The number of likely N-dealkylation sites (tertiary alicyclic amines) is 1. The molecule has 1 saturated heterocycles. The maximum absolute atomic E-state index is 12.4. The van der Waals surface area contributed by atoms with E-state index in [0.717, 1.165) is 12.8 Å². The van der Waals surface area contributed by atoms with Crippen LogP contribution in [0.2, 0.25) is 0 Å². The van der Waals surface area contributed by atoms with E-state index in [0.29, 0.717) is 12.8 Å². The first kappa shape index (κ1) is 18.4. The SMILES string of the molecule is C[C@H](CCc1ccccc1)NC(=O)CCN1C(=O)[C@H]2CC=CC[C@H]2C1=O. The number of carbonyl (C=O) groups is 3. The lowest BCUT2D eigenvalue weighted by Crippen LogP contribution is -2.38. The van der Waals surface area contributed by atoms with Crippen LogP contribution < -0.4 is 5.32 Å². The highest BCUT2D eigenvalue weighted by atomic mass is 16.2. The van der Waals surface area contributed by atoms with Crippen molar-refractivity contribution in [1.82, 2.24) is 10.2 Å². The van der Waals surface area contributed by atoms with Gasteiger partial charge < -0.3 is 5.32 Å². The summed E-state index contributed by atoms with van der Waals surface area (Å²) in [5, 5.41) is 2.97. The van der Waals surface area contributed by atoms with Crippen LogP contribution in [0.15, 0.2) is 42.5 Å². The largest absolute Gasteiger partial charge is 0.354 e. The zero-order valence-corrected chi connectivity index (χ0v) is 15.2. The van der Waals surface area contributed by atoms with E-state index in [-0.39, 0.29) is 48.6 Å². The van der Waals surface area contributed by atoms with Crippen molar-refractivity contribution in [1.29, 1.82) is 0 Å². The molecule has 0 bridgehead atoms. The van der Waals surface area contributed by atoms with Gasteiger partial charge in [-0.1, -0.05) is 42.5 Å². The van der Waals surface area contributed by atoms with Crippen molar-refractivity contribution in [3.8, 4) is 0 Å². The molecule has 1 fully saturated rings. The predicted molar refractivity (Wildman–Crippen MR) is 99.1 cm³/mol. The normalized spacial score (nSPS) is 23.0. The van der Waals surface area contributed by atoms with Gasteiger partial charge in [0, 0.05) is 19.0 Å². The van der Waals surface area contributed by atoms with Crippen LogP contribution in [0.25, 0.3) is 0 Å². The van der Waals surface area contributed by atoms with E-state index >= 15 is 0 Å². The van der Waals surface area contributed by atoms with E-state index in [9.17, 15) is 14.4 Å². The Morgan fingerprint density at radius 2 is 1.73 bits per heavy atom. The molecule has 0 aromatic heterocycles. The van der Waals surface area contributed by atoms with E-state index in [2.05, 4.69) is 17.4 Å². The van der Waals surface area contributed by atoms with Crippen LogP contribution in [0, 0.1) is 11.8 Å². The highest BCUT2D eigenvalue weighted by Crippen LogP contribution is 2.34. The quantitative estimate of drug-likeness (QED) is 0.604. The summed E-state index contributed by atoms with van der Waals surface area (Å²) >= 11 is 0. The van der Waals surface area contributed by atoms with Gasteiger partial charge >= 0.3 is 0 Å². The fourth-order valence-electron chi connectivity index (χ4n) is 3.75. The Kier molecular flexibility index (Phi) is 5.86. The lowest BCUT2D eigenvalue weighted by Gasteiger charge is -2.17. The van der Waals surface area contributed by atoms with Crippen LogP contribution >= 0.6 is 0 Å². The van der Waals surface area contributed by atoms with Crippen molar-refractivity contribution in [3.05, 3.63) is 48.0 Å². The first-order chi connectivity index (χ1) is 12.6. The maximum atomic E-state index is 12.4. The van der Waals surface area contributed by atoms with E-state index in [1.165, 1.54) is 10.5 Å². The number of benzene rings is 1. The van der Waals surface area contributed by atoms with Crippen LogP contribution in [0.3, 0.4) is 0 Å². The van der Waals surface area contributed by atoms with E-state index < -0.39 is 0 Å². The number of aryl methyl sites for hydroxylation is 1. The van der Waals surface area contributed by atoms with Gasteiger partial charge in [0.1, 0.15) is 0 Å². The zero-order valence-electron chi connectivity index (χ0n) is 15.2. The lowest BCUT2D eigenvalue weighted by atomic mass is 9.85. The average Bonchev–Trinajstić information content (AvgIpc) is 2.90. The summed E-state index contributed by atoms with van der Waals surface area (Å²) < 4.78 is 0. The molecule has 3 rings (SSSR count).